The molecule has 2 nitrogen and oxygen atoms in total. The summed E-state index contributed by atoms with van der Waals surface area (Å²) in [5.41, 5.74) is 9.12. The fraction of sp³-hybridized carbons (Fsp3) is 0.136. The fourth-order valence-corrected chi connectivity index (χ4v) is 3.25. The molecule has 1 amide bonds. The van der Waals surface area contributed by atoms with Crippen molar-refractivity contribution in [1.82, 2.24) is 0 Å². The van der Waals surface area contributed by atoms with Gasteiger partial charge in [-0.2, -0.15) is 0 Å². The predicted molar refractivity (Wildman–Crippen MR) is 97.7 cm³/mol. The number of carbonyl (C=O) groups is 1. The third-order valence-corrected chi connectivity index (χ3v) is 4.39. The number of hydrogen-bond acceptors (Lipinski definition) is 1. The Balaban J connectivity index is 2.03. The third kappa shape index (κ3) is 3.72. The van der Waals surface area contributed by atoms with Gasteiger partial charge in [-0.3, -0.25) is 4.79 Å². The molecular weight excluding hydrogens is 294 g/mol. The van der Waals surface area contributed by atoms with E-state index >= 15 is 0 Å². The SMILES string of the molecule is NC(=O)[C@@H](c1ccccc1)[C@H](Cc1ccccc1)c1ccccc1. The molecule has 3 aromatic rings. The molecule has 0 aliphatic carbocycles. The van der Waals surface area contributed by atoms with E-state index in [4.69, 9.17) is 5.73 Å². The molecular formula is C22H21NO. The summed E-state index contributed by atoms with van der Waals surface area (Å²) < 4.78 is 0. The van der Waals surface area contributed by atoms with Crippen LogP contribution in [-0.2, 0) is 11.2 Å². The topological polar surface area (TPSA) is 43.1 Å². The zero-order valence-corrected chi connectivity index (χ0v) is 13.5. The summed E-state index contributed by atoms with van der Waals surface area (Å²) in [6.07, 6.45) is 0.771. The van der Waals surface area contributed by atoms with Crippen molar-refractivity contribution in [2.24, 2.45) is 5.73 Å². The van der Waals surface area contributed by atoms with Crippen LogP contribution in [0.1, 0.15) is 28.5 Å². The van der Waals surface area contributed by atoms with Crippen LogP contribution in [0.3, 0.4) is 0 Å². The van der Waals surface area contributed by atoms with Gasteiger partial charge < -0.3 is 5.73 Å². The van der Waals surface area contributed by atoms with Crippen LogP contribution in [0.4, 0.5) is 0 Å². The van der Waals surface area contributed by atoms with E-state index in [9.17, 15) is 4.79 Å². The van der Waals surface area contributed by atoms with Gasteiger partial charge in [-0.1, -0.05) is 91.0 Å². The van der Waals surface area contributed by atoms with Gasteiger partial charge in [0, 0.05) is 5.92 Å². The van der Waals surface area contributed by atoms with Crippen LogP contribution in [-0.4, -0.2) is 5.91 Å². The Labute approximate surface area is 143 Å². The highest BCUT2D eigenvalue weighted by Gasteiger charge is 2.29. The van der Waals surface area contributed by atoms with Crippen LogP contribution in [0.2, 0.25) is 0 Å². The van der Waals surface area contributed by atoms with Crippen molar-refractivity contribution >= 4 is 5.91 Å². The summed E-state index contributed by atoms with van der Waals surface area (Å²) in [5, 5.41) is 0. The van der Waals surface area contributed by atoms with E-state index in [2.05, 4.69) is 24.3 Å². The van der Waals surface area contributed by atoms with E-state index in [-0.39, 0.29) is 17.7 Å². The molecule has 2 heteroatoms. The molecule has 0 saturated carbocycles. The lowest BCUT2D eigenvalue weighted by Crippen LogP contribution is -2.28. The number of rotatable bonds is 6. The molecule has 0 saturated heterocycles. The first-order valence-electron chi connectivity index (χ1n) is 8.19. The van der Waals surface area contributed by atoms with Crippen LogP contribution in [0.15, 0.2) is 91.0 Å². The van der Waals surface area contributed by atoms with Crippen molar-refractivity contribution in [1.29, 1.82) is 0 Å². The van der Waals surface area contributed by atoms with E-state index in [0.717, 1.165) is 17.5 Å². The highest BCUT2D eigenvalue weighted by atomic mass is 16.1. The van der Waals surface area contributed by atoms with Crippen molar-refractivity contribution in [3.05, 3.63) is 108 Å². The van der Waals surface area contributed by atoms with E-state index < -0.39 is 0 Å². The van der Waals surface area contributed by atoms with E-state index in [1.807, 2.05) is 66.7 Å². The molecule has 0 spiro atoms. The molecule has 24 heavy (non-hydrogen) atoms. The lowest BCUT2D eigenvalue weighted by Gasteiger charge is -2.26. The van der Waals surface area contributed by atoms with Crippen molar-refractivity contribution in [2.75, 3.05) is 0 Å². The number of hydrogen-bond donors (Lipinski definition) is 1. The maximum atomic E-state index is 12.3. The van der Waals surface area contributed by atoms with Gasteiger partial charge in [-0.25, -0.2) is 0 Å². The second-order valence-electron chi connectivity index (χ2n) is 6.00. The largest absolute Gasteiger partial charge is 0.369 e. The summed E-state index contributed by atoms with van der Waals surface area (Å²) in [5.74, 6) is -0.631. The van der Waals surface area contributed by atoms with Gasteiger partial charge in [0.05, 0.1) is 5.92 Å². The molecule has 2 atom stereocenters. The van der Waals surface area contributed by atoms with Crippen LogP contribution in [0.5, 0.6) is 0 Å². The zero-order valence-electron chi connectivity index (χ0n) is 13.5. The van der Waals surface area contributed by atoms with Gasteiger partial charge in [-0.15, -0.1) is 0 Å². The van der Waals surface area contributed by atoms with Gasteiger partial charge in [0.25, 0.3) is 0 Å². The molecule has 2 N–H and O–H groups in total. The van der Waals surface area contributed by atoms with Crippen molar-refractivity contribution < 1.29 is 4.79 Å². The molecule has 0 unspecified atom stereocenters. The molecule has 3 rings (SSSR count). The van der Waals surface area contributed by atoms with Crippen LogP contribution in [0, 0.1) is 0 Å². The summed E-state index contributed by atoms with van der Waals surface area (Å²) in [6, 6.07) is 30.2. The predicted octanol–water partition coefficient (Wildman–Crippen LogP) is 4.28. The highest BCUT2D eigenvalue weighted by molar-refractivity contribution is 5.83. The van der Waals surface area contributed by atoms with Crippen molar-refractivity contribution in [3.8, 4) is 0 Å². The first kappa shape index (κ1) is 16.0. The quantitative estimate of drug-likeness (QED) is 0.725. The molecule has 0 aliphatic heterocycles. The Morgan fingerprint density at radius 1 is 0.708 bits per heavy atom. The van der Waals surface area contributed by atoms with Crippen molar-refractivity contribution in [2.45, 2.75) is 18.3 Å². The maximum Gasteiger partial charge on any atom is 0.225 e. The molecule has 0 bridgehead atoms. The molecule has 0 fully saturated rings. The van der Waals surface area contributed by atoms with Gasteiger partial charge >= 0.3 is 0 Å². The molecule has 0 aromatic heterocycles. The van der Waals surface area contributed by atoms with Crippen LogP contribution in [0.25, 0.3) is 0 Å². The third-order valence-electron chi connectivity index (χ3n) is 4.39. The van der Waals surface area contributed by atoms with E-state index in [1.54, 1.807) is 0 Å². The Morgan fingerprint density at radius 2 is 1.17 bits per heavy atom. The first-order chi connectivity index (χ1) is 11.8. The number of nitrogens with two attached hydrogens (primary N) is 1. The molecule has 3 aromatic carbocycles. The second-order valence-corrected chi connectivity index (χ2v) is 6.00. The lowest BCUT2D eigenvalue weighted by molar-refractivity contribution is -0.120. The molecule has 0 aliphatic rings. The second kappa shape index (κ2) is 7.60. The minimum Gasteiger partial charge on any atom is -0.369 e. The highest BCUT2D eigenvalue weighted by Crippen LogP contribution is 2.35. The Hall–Kier alpha value is -2.87. The Bertz CT molecular complexity index is 769. The monoisotopic (exact) mass is 315 g/mol. The maximum absolute atomic E-state index is 12.3. The Kier molecular flexibility index (Phi) is 5.07. The van der Waals surface area contributed by atoms with Crippen molar-refractivity contribution in [3.63, 3.8) is 0 Å². The molecule has 120 valence electrons. The van der Waals surface area contributed by atoms with Crippen LogP contribution < -0.4 is 5.73 Å². The smallest absolute Gasteiger partial charge is 0.225 e. The van der Waals surface area contributed by atoms with E-state index in [1.165, 1.54) is 5.56 Å². The average molecular weight is 315 g/mol. The summed E-state index contributed by atoms with van der Waals surface area (Å²) in [4.78, 5) is 12.3. The fourth-order valence-electron chi connectivity index (χ4n) is 3.25. The van der Waals surface area contributed by atoms with E-state index in [0.29, 0.717) is 0 Å². The number of primary amides is 1. The summed E-state index contributed by atoms with van der Waals surface area (Å²) >= 11 is 0. The van der Waals surface area contributed by atoms with Gasteiger partial charge in [0.1, 0.15) is 0 Å². The summed E-state index contributed by atoms with van der Waals surface area (Å²) in [6.45, 7) is 0. The Morgan fingerprint density at radius 3 is 1.67 bits per heavy atom. The number of carbonyl (C=O) groups excluding carboxylic acids is 1. The first-order valence-corrected chi connectivity index (χ1v) is 8.19. The van der Waals surface area contributed by atoms with Gasteiger partial charge in [0.2, 0.25) is 5.91 Å². The normalized spacial score (nSPS) is 13.2. The minimum atomic E-state index is -0.353. The summed E-state index contributed by atoms with van der Waals surface area (Å²) in [7, 11) is 0. The number of amides is 1. The van der Waals surface area contributed by atoms with Gasteiger partial charge in [0.15, 0.2) is 0 Å². The minimum absolute atomic E-state index is 0.00787. The standard InChI is InChI=1S/C22H21NO/c23-22(24)21(19-14-8-3-9-15-19)20(18-12-6-2-7-13-18)16-17-10-4-1-5-11-17/h1-15,20-21H,16H2,(H2,23,24)/t20-,21+/m1/s1. The van der Waals surface area contributed by atoms with Gasteiger partial charge in [-0.05, 0) is 23.1 Å². The zero-order chi connectivity index (χ0) is 16.8. The number of benzene rings is 3. The molecule has 0 heterocycles. The average Bonchev–Trinajstić information content (AvgIpc) is 2.63. The lowest BCUT2D eigenvalue weighted by atomic mass is 9.77. The van der Waals surface area contributed by atoms with Crippen LogP contribution >= 0.6 is 0 Å². The molecule has 0 radical (unpaired) electrons.